The van der Waals surface area contributed by atoms with Gasteiger partial charge in [0.1, 0.15) is 16.9 Å². The first-order valence-corrected chi connectivity index (χ1v) is 4.59. The van der Waals surface area contributed by atoms with E-state index in [1.807, 2.05) is 0 Å². The average molecular weight is 231 g/mol. The quantitative estimate of drug-likeness (QED) is 0.583. The fourth-order valence-electron chi connectivity index (χ4n) is 1.10. The lowest BCUT2D eigenvalue weighted by Gasteiger charge is -2.09. The molecule has 0 unspecified atom stereocenters. The van der Waals surface area contributed by atoms with Crippen LogP contribution in [0.3, 0.4) is 0 Å². The van der Waals surface area contributed by atoms with Crippen LogP contribution in [0.1, 0.15) is 5.56 Å². The number of esters is 1. The molecule has 15 heavy (non-hydrogen) atoms. The third-order valence-electron chi connectivity index (χ3n) is 1.84. The molecule has 1 atom stereocenters. The Morgan fingerprint density at radius 2 is 2.47 bits per heavy atom. The van der Waals surface area contributed by atoms with Crippen molar-refractivity contribution in [3.05, 3.63) is 23.0 Å². The van der Waals surface area contributed by atoms with Crippen molar-refractivity contribution in [2.45, 2.75) is 12.5 Å². The van der Waals surface area contributed by atoms with Crippen LogP contribution in [0, 0.1) is 0 Å². The van der Waals surface area contributed by atoms with Crippen molar-refractivity contribution in [1.82, 2.24) is 4.98 Å². The highest BCUT2D eigenvalue weighted by atomic mass is 35.5. The fourth-order valence-corrected chi connectivity index (χ4v) is 1.28. The van der Waals surface area contributed by atoms with Crippen molar-refractivity contribution in [2.24, 2.45) is 5.73 Å². The summed E-state index contributed by atoms with van der Waals surface area (Å²) >= 11 is 5.76. The van der Waals surface area contributed by atoms with Gasteiger partial charge in [-0.3, -0.25) is 4.79 Å². The van der Waals surface area contributed by atoms with E-state index in [2.05, 4.69) is 9.72 Å². The van der Waals surface area contributed by atoms with E-state index in [-0.39, 0.29) is 17.3 Å². The number of aromatic nitrogens is 1. The van der Waals surface area contributed by atoms with Gasteiger partial charge in [-0.1, -0.05) is 11.6 Å². The number of nitrogens with two attached hydrogens (primary N) is 1. The van der Waals surface area contributed by atoms with E-state index in [1.165, 1.54) is 19.4 Å². The minimum atomic E-state index is -0.809. The van der Waals surface area contributed by atoms with Crippen molar-refractivity contribution < 1.29 is 14.6 Å². The predicted molar refractivity (Wildman–Crippen MR) is 54.6 cm³/mol. The molecular weight excluding hydrogens is 220 g/mol. The number of hydrogen-bond acceptors (Lipinski definition) is 5. The Hall–Kier alpha value is -1.33. The van der Waals surface area contributed by atoms with Crippen LogP contribution in [-0.4, -0.2) is 29.2 Å². The van der Waals surface area contributed by atoms with E-state index in [4.69, 9.17) is 22.4 Å². The maximum absolute atomic E-state index is 11.0. The lowest BCUT2D eigenvalue weighted by Crippen LogP contribution is -2.33. The van der Waals surface area contributed by atoms with Crippen molar-refractivity contribution in [1.29, 1.82) is 0 Å². The van der Waals surface area contributed by atoms with Gasteiger partial charge in [0.05, 0.1) is 13.3 Å². The number of pyridine rings is 1. The number of ether oxygens (including phenoxy) is 1. The summed E-state index contributed by atoms with van der Waals surface area (Å²) in [7, 11) is 1.25. The Morgan fingerprint density at radius 1 is 1.80 bits per heavy atom. The molecular formula is C9H11ClN2O3. The topological polar surface area (TPSA) is 85.4 Å². The second kappa shape index (κ2) is 4.95. The van der Waals surface area contributed by atoms with E-state index < -0.39 is 12.0 Å². The monoisotopic (exact) mass is 230 g/mol. The van der Waals surface area contributed by atoms with Crippen molar-refractivity contribution >= 4 is 17.6 Å². The van der Waals surface area contributed by atoms with Gasteiger partial charge in [0.25, 0.3) is 0 Å². The molecule has 0 spiro atoms. The SMILES string of the molecule is COC(=O)[C@H](N)Cc1cc(O)cnc1Cl. The van der Waals surface area contributed by atoms with Gasteiger partial charge in [-0.2, -0.15) is 0 Å². The van der Waals surface area contributed by atoms with Gasteiger partial charge in [0, 0.05) is 6.42 Å². The molecule has 1 heterocycles. The molecule has 1 aromatic heterocycles. The molecule has 5 nitrogen and oxygen atoms in total. The van der Waals surface area contributed by atoms with Gasteiger partial charge < -0.3 is 15.6 Å². The first-order valence-electron chi connectivity index (χ1n) is 4.21. The number of aromatic hydroxyl groups is 1. The molecule has 0 amide bonds. The van der Waals surface area contributed by atoms with E-state index in [0.717, 1.165) is 0 Å². The minimum absolute atomic E-state index is 0.0218. The zero-order valence-corrected chi connectivity index (χ0v) is 8.86. The lowest BCUT2D eigenvalue weighted by molar-refractivity contribution is -0.142. The molecule has 0 aliphatic heterocycles. The van der Waals surface area contributed by atoms with E-state index in [0.29, 0.717) is 5.56 Å². The molecule has 0 fully saturated rings. The molecule has 1 aromatic rings. The van der Waals surface area contributed by atoms with Crippen LogP contribution in [0.4, 0.5) is 0 Å². The van der Waals surface area contributed by atoms with Crippen LogP contribution < -0.4 is 5.73 Å². The molecule has 0 aromatic carbocycles. The highest BCUT2D eigenvalue weighted by Crippen LogP contribution is 2.19. The van der Waals surface area contributed by atoms with Crippen LogP contribution >= 0.6 is 11.6 Å². The molecule has 0 aliphatic rings. The minimum Gasteiger partial charge on any atom is -0.506 e. The Morgan fingerprint density at radius 3 is 3.07 bits per heavy atom. The standard InChI is InChI=1S/C9H11ClN2O3/c1-15-9(14)7(11)3-5-2-6(13)4-12-8(5)10/h2,4,7,13H,3,11H2,1H3/t7-/m1/s1. The van der Waals surface area contributed by atoms with Gasteiger partial charge in [0.2, 0.25) is 0 Å². The van der Waals surface area contributed by atoms with E-state index >= 15 is 0 Å². The summed E-state index contributed by atoms with van der Waals surface area (Å²) in [6, 6.07) is 0.606. The average Bonchev–Trinajstić information content (AvgIpc) is 2.22. The van der Waals surface area contributed by atoms with Crippen LogP contribution in [-0.2, 0) is 16.0 Å². The first-order chi connectivity index (χ1) is 7.04. The zero-order valence-electron chi connectivity index (χ0n) is 8.11. The Bertz CT molecular complexity index is 370. The number of hydrogen-bond donors (Lipinski definition) is 2. The molecule has 0 saturated heterocycles. The van der Waals surface area contributed by atoms with Gasteiger partial charge in [0.15, 0.2) is 0 Å². The highest BCUT2D eigenvalue weighted by molar-refractivity contribution is 6.30. The van der Waals surface area contributed by atoms with Crippen LogP contribution in [0.25, 0.3) is 0 Å². The van der Waals surface area contributed by atoms with Crippen molar-refractivity contribution in [3.63, 3.8) is 0 Å². The largest absolute Gasteiger partial charge is 0.506 e. The summed E-state index contributed by atoms with van der Waals surface area (Å²) in [5, 5.41) is 9.38. The number of carbonyl (C=O) groups excluding carboxylic acids is 1. The summed E-state index contributed by atoms with van der Waals surface area (Å²) in [5.41, 5.74) is 6.04. The maximum Gasteiger partial charge on any atom is 0.322 e. The molecule has 0 aliphatic carbocycles. The van der Waals surface area contributed by atoms with Gasteiger partial charge >= 0.3 is 5.97 Å². The summed E-state index contributed by atoms with van der Waals surface area (Å²) < 4.78 is 4.46. The van der Waals surface area contributed by atoms with Crippen molar-refractivity contribution in [2.75, 3.05) is 7.11 Å². The Labute approximate surface area is 91.8 Å². The summed E-state index contributed by atoms with van der Waals surface area (Å²) in [6.07, 6.45) is 1.39. The second-order valence-electron chi connectivity index (χ2n) is 2.98. The van der Waals surface area contributed by atoms with Gasteiger partial charge in [-0.25, -0.2) is 4.98 Å². The number of halogens is 1. The maximum atomic E-state index is 11.0. The number of rotatable bonds is 3. The van der Waals surface area contributed by atoms with Crippen LogP contribution in [0.2, 0.25) is 5.15 Å². The van der Waals surface area contributed by atoms with Crippen molar-refractivity contribution in [3.8, 4) is 5.75 Å². The molecule has 3 N–H and O–H groups in total. The van der Waals surface area contributed by atoms with E-state index in [9.17, 15) is 4.79 Å². The molecule has 0 bridgehead atoms. The predicted octanol–water partition coefficient (Wildman–Crippen LogP) is 0.483. The number of nitrogens with zero attached hydrogens (tertiary/aromatic N) is 1. The van der Waals surface area contributed by atoms with E-state index in [1.54, 1.807) is 0 Å². The molecule has 1 rings (SSSR count). The first kappa shape index (κ1) is 11.7. The summed E-state index contributed by atoms with van der Waals surface area (Å²) in [4.78, 5) is 14.8. The normalized spacial score (nSPS) is 12.2. The molecule has 82 valence electrons. The third-order valence-corrected chi connectivity index (χ3v) is 2.18. The highest BCUT2D eigenvalue weighted by Gasteiger charge is 2.16. The lowest BCUT2D eigenvalue weighted by atomic mass is 10.1. The second-order valence-corrected chi connectivity index (χ2v) is 3.34. The molecule has 6 heteroatoms. The van der Waals surface area contributed by atoms with Crippen LogP contribution in [0.15, 0.2) is 12.3 Å². The van der Waals surface area contributed by atoms with Gasteiger partial charge in [-0.15, -0.1) is 0 Å². The zero-order chi connectivity index (χ0) is 11.4. The van der Waals surface area contributed by atoms with Gasteiger partial charge in [-0.05, 0) is 11.6 Å². The number of methoxy groups -OCH3 is 1. The van der Waals surface area contributed by atoms with Crippen LogP contribution in [0.5, 0.6) is 5.75 Å². The molecule has 0 radical (unpaired) electrons. The molecule has 0 saturated carbocycles. The summed E-state index contributed by atoms with van der Waals surface area (Å²) in [6.45, 7) is 0. The smallest absolute Gasteiger partial charge is 0.322 e. The fraction of sp³-hybridized carbons (Fsp3) is 0.333. The Balaban J connectivity index is 2.80. The third kappa shape index (κ3) is 3.07. The number of carbonyl (C=O) groups is 1. The Kier molecular flexibility index (Phi) is 3.88. The summed E-state index contributed by atoms with van der Waals surface area (Å²) in [5.74, 6) is -0.555.